The summed E-state index contributed by atoms with van der Waals surface area (Å²) < 4.78 is 0.531. The van der Waals surface area contributed by atoms with Crippen LogP contribution >= 0.6 is 15.9 Å². The minimum Gasteiger partial charge on any atom is -0.504 e. The zero-order chi connectivity index (χ0) is 9.42. The Kier molecular flexibility index (Phi) is 1.88. The maximum atomic E-state index is 9.41. The van der Waals surface area contributed by atoms with Crippen molar-refractivity contribution >= 4 is 26.7 Å². The van der Waals surface area contributed by atoms with Crippen LogP contribution in [0.5, 0.6) is 11.5 Å². The van der Waals surface area contributed by atoms with Gasteiger partial charge < -0.3 is 10.2 Å². The van der Waals surface area contributed by atoms with E-state index in [9.17, 15) is 10.2 Å². The largest absolute Gasteiger partial charge is 0.504 e. The molecular formula is C10H7BrO2. The molecule has 0 aliphatic rings. The number of aromatic hydroxyl groups is 2. The number of phenols is 2. The minimum absolute atomic E-state index is 0.106. The van der Waals surface area contributed by atoms with Crippen molar-refractivity contribution in [2.75, 3.05) is 0 Å². The molecule has 0 saturated heterocycles. The van der Waals surface area contributed by atoms with Crippen LogP contribution in [0.25, 0.3) is 10.8 Å². The van der Waals surface area contributed by atoms with E-state index in [4.69, 9.17) is 0 Å². The van der Waals surface area contributed by atoms with Crippen molar-refractivity contribution in [3.05, 3.63) is 34.8 Å². The summed E-state index contributed by atoms with van der Waals surface area (Å²) in [5.41, 5.74) is 0. The normalized spacial score (nSPS) is 10.5. The summed E-state index contributed by atoms with van der Waals surface area (Å²) in [4.78, 5) is 0. The summed E-state index contributed by atoms with van der Waals surface area (Å²) >= 11 is 3.22. The lowest BCUT2D eigenvalue weighted by Gasteiger charge is -2.04. The van der Waals surface area contributed by atoms with Gasteiger partial charge in [0.2, 0.25) is 0 Å². The summed E-state index contributed by atoms with van der Waals surface area (Å²) in [5, 5.41) is 20.5. The van der Waals surface area contributed by atoms with Gasteiger partial charge >= 0.3 is 0 Å². The van der Waals surface area contributed by atoms with E-state index in [1.807, 2.05) is 24.3 Å². The van der Waals surface area contributed by atoms with Crippen LogP contribution in [0.15, 0.2) is 34.8 Å². The molecule has 0 unspecified atom stereocenters. The molecule has 0 fully saturated rings. The summed E-state index contributed by atoms with van der Waals surface area (Å²) in [6, 6.07) is 9.04. The Morgan fingerprint density at radius 2 is 1.77 bits per heavy atom. The fourth-order valence-corrected chi connectivity index (χ4v) is 1.84. The maximum Gasteiger partial charge on any atom is 0.172 e. The zero-order valence-corrected chi connectivity index (χ0v) is 8.25. The molecule has 3 heteroatoms. The minimum atomic E-state index is -0.112. The summed E-state index contributed by atoms with van der Waals surface area (Å²) in [7, 11) is 0. The van der Waals surface area contributed by atoms with Gasteiger partial charge in [0.15, 0.2) is 11.5 Å². The lowest BCUT2D eigenvalue weighted by molar-refractivity contribution is 0.402. The number of hydrogen-bond donors (Lipinski definition) is 2. The molecular weight excluding hydrogens is 232 g/mol. The second-order valence-electron chi connectivity index (χ2n) is 2.78. The van der Waals surface area contributed by atoms with Gasteiger partial charge in [0.25, 0.3) is 0 Å². The topological polar surface area (TPSA) is 40.5 Å². The molecule has 2 nitrogen and oxygen atoms in total. The van der Waals surface area contributed by atoms with Crippen molar-refractivity contribution in [2.45, 2.75) is 0 Å². The molecule has 13 heavy (non-hydrogen) atoms. The van der Waals surface area contributed by atoms with Crippen LogP contribution in [-0.2, 0) is 0 Å². The molecule has 0 heterocycles. The van der Waals surface area contributed by atoms with Gasteiger partial charge in [-0.15, -0.1) is 0 Å². The number of rotatable bonds is 0. The van der Waals surface area contributed by atoms with Crippen LogP contribution in [0.3, 0.4) is 0 Å². The van der Waals surface area contributed by atoms with Crippen LogP contribution in [0, 0.1) is 0 Å². The van der Waals surface area contributed by atoms with Gasteiger partial charge in [-0.3, -0.25) is 0 Å². The number of fused-ring (bicyclic) bond motifs is 1. The lowest BCUT2D eigenvalue weighted by atomic mass is 10.1. The predicted molar refractivity (Wildman–Crippen MR) is 55.0 cm³/mol. The van der Waals surface area contributed by atoms with E-state index in [-0.39, 0.29) is 11.5 Å². The Balaban J connectivity index is 2.94. The van der Waals surface area contributed by atoms with Crippen molar-refractivity contribution in [3.8, 4) is 11.5 Å². The molecule has 0 aliphatic carbocycles. The van der Waals surface area contributed by atoms with Crippen LogP contribution < -0.4 is 0 Å². The summed E-state index contributed by atoms with van der Waals surface area (Å²) in [5.74, 6) is -0.218. The first-order chi connectivity index (χ1) is 6.20. The first-order valence-corrected chi connectivity index (χ1v) is 4.58. The monoisotopic (exact) mass is 238 g/mol. The molecule has 2 N–H and O–H groups in total. The standard InChI is InChI=1S/C10H7BrO2/c11-9-7-4-2-1-3-6(7)5-8(12)10(9)13/h1-5,12-13H. The zero-order valence-electron chi connectivity index (χ0n) is 6.66. The molecule has 0 saturated carbocycles. The Hall–Kier alpha value is -1.22. The second-order valence-corrected chi connectivity index (χ2v) is 3.57. The van der Waals surface area contributed by atoms with Gasteiger partial charge in [0.05, 0.1) is 4.47 Å². The highest BCUT2D eigenvalue weighted by molar-refractivity contribution is 9.10. The van der Waals surface area contributed by atoms with Crippen molar-refractivity contribution in [1.29, 1.82) is 0 Å². The van der Waals surface area contributed by atoms with Crippen molar-refractivity contribution in [2.24, 2.45) is 0 Å². The van der Waals surface area contributed by atoms with Crippen molar-refractivity contribution < 1.29 is 10.2 Å². The number of phenolic OH excluding ortho intramolecular Hbond substituents is 2. The van der Waals surface area contributed by atoms with Crippen LogP contribution in [0.1, 0.15) is 0 Å². The highest BCUT2D eigenvalue weighted by Gasteiger charge is 2.08. The van der Waals surface area contributed by atoms with Gasteiger partial charge in [-0.25, -0.2) is 0 Å². The Labute approximate surface area is 83.6 Å². The molecule has 0 aliphatic heterocycles. The molecule has 0 atom stereocenters. The third-order valence-corrected chi connectivity index (χ3v) is 2.74. The molecule has 2 aromatic rings. The average molecular weight is 239 g/mol. The molecule has 0 radical (unpaired) electrons. The van der Waals surface area contributed by atoms with Gasteiger partial charge in [0.1, 0.15) is 0 Å². The third-order valence-electron chi connectivity index (χ3n) is 1.94. The van der Waals surface area contributed by atoms with E-state index >= 15 is 0 Å². The van der Waals surface area contributed by atoms with Crippen molar-refractivity contribution in [3.63, 3.8) is 0 Å². The van der Waals surface area contributed by atoms with Crippen LogP contribution in [0.2, 0.25) is 0 Å². The second kappa shape index (κ2) is 2.92. The molecule has 66 valence electrons. The van der Waals surface area contributed by atoms with Gasteiger partial charge in [-0.1, -0.05) is 24.3 Å². The van der Waals surface area contributed by atoms with Gasteiger partial charge in [-0.2, -0.15) is 0 Å². The first kappa shape index (κ1) is 8.38. The summed E-state index contributed by atoms with van der Waals surface area (Å²) in [6.45, 7) is 0. The quantitative estimate of drug-likeness (QED) is 0.693. The molecule has 0 spiro atoms. The highest BCUT2D eigenvalue weighted by Crippen LogP contribution is 2.39. The van der Waals surface area contributed by atoms with Gasteiger partial charge in [-0.05, 0) is 32.8 Å². The predicted octanol–water partition coefficient (Wildman–Crippen LogP) is 3.01. The van der Waals surface area contributed by atoms with E-state index in [2.05, 4.69) is 15.9 Å². The molecule has 2 rings (SSSR count). The fraction of sp³-hybridized carbons (Fsp3) is 0. The number of hydrogen-bond acceptors (Lipinski definition) is 2. The fourth-order valence-electron chi connectivity index (χ4n) is 1.28. The van der Waals surface area contributed by atoms with Crippen LogP contribution in [0.4, 0.5) is 0 Å². The molecule has 2 aromatic carbocycles. The SMILES string of the molecule is Oc1cc2ccccc2c(Br)c1O. The number of halogens is 1. The average Bonchev–Trinajstić information content (AvgIpc) is 2.15. The Morgan fingerprint density at radius 3 is 2.54 bits per heavy atom. The van der Waals surface area contributed by atoms with Crippen LogP contribution in [-0.4, -0.2) is 10.2 Å². The third kappa shape index (κ3) is 1.25. The lowest BCUT2D eigenvalue weighted by Crippen LogP contribution is -1.76. The maximum absolute atomic E-state index is 9.41. The number of benzene rings is 2. The molecule has 0 aromatic heterocycles. The van der Waals surface area contributed by atoms with E-state index in [0.29, 0.717) is 4.47 Å². The van der Waals surface area contributed by atoms with E-state index in [1.165, 1.54) is 6.07 Å². The Bertz CT molecular complexity index is 466. The smallest absolute Gasteiger partial charge is 0.172 e. The first-order valence-electron chi connectivity index (χ1n) is 3.79. The summed E-state index contributed by atoms with van der Waals surface area (Å²) in [6.07, 6.45) is 0. The highest BCUT2D eigenvalue weighted by atomic mass is 79.9. The molecule has 0 amide bonds. The Morgan fingerprint density at radius 1 is 1.08 bits per heavy atom. The van der Waals surface area contributed by atoms with E-state index in [0.717, 1.165) is 10.8 Å². The van der Waals surface area contributed by atoms with Gasteiger partial charge in [0, 0.05) is 0 Å². The van der Waals surface area contributed by atoms with Crippen molar-refractivity contribution in [1.82, 2.24) is 0 Å². The van der Waals surface area contributed by atoms with E-state index < -0.39 is 0 Å². The van der Waals surface area contributed by atoms with E-state index in [1.54, 1.807) is 0 Å². The molecule has 0 bridgehead atoms.